The van der Waals surface area contributed by atoms with E-state index in [-0.39, 0.29) is 25.3 Å². The maximum Gasteiger partial charge on any atom is 0.349 e. The summed E-state index contributed by atoms with van der Waals surface area (Å²) >= 11 is 12.3. The second-order valence-corrected chi connectivity index (χ2v) is 7.52. The van der Waals surface area contributed by atoms with Crippen LogP contribution in [-0.4, -0.2) is 23.3 Å². The quantitative estimate of drug-likeness (QED) is 0.793. The third kappa shape index (κ3) is 3.59. The predicted molar refractivity (Wildman–Crippen MR) is 104 cm³/mol. The van der Waals surface area contributed by atoms with Crippen molar-refractivity contribution >= 4 is 35.0 Å². The molecular weight excluding hydrogens is 409 g/mol. The largest absolute Gasteiger partial charge is 0.364 e. The third-order valence-corrected chi connectivity index (χ3v) is 5.80. The van der Waals surface area contributed by atoms with Crippen LogP contribution in [0.3, 0.4) is 0 Å². The number of hydrogen-bond acceptors (Lipinski definition) is 2. The van der Waals surface area contributed by atoms with E-state index in [1.54, 1.807) is 36.1 Å². The average molecular weight is 427 g/mol. The zero-order chi connectivity index (χ0) is 20.6. The Morgan fingerprint density at radius 3 is 2.39 bits per heavy atom. The molecule has 2 aromatic carbocycles. The standard InChI is InChI=1S/C20H18Cl2F2N2O2/c1-11-12-4-2-5-15(20(23,24)19(25)28)13(12)8-9-26(11)18(27)10-14-16(21)6-3-7-17(14)22/h2-7,11H,8-10H2,1H3,(H2,25,28)/t11-/m0/s1. The van der Waals surface area contributed by atoms with E-state index in [4.69, 9.17) is 28.9 Å². The lowest BCUT2D eigenvalue weighted by Gasteiger charge is -2.37. The maximum absolute atomic E-state index is 14.2. The van der Waals surface area contributed by atoms with Crippen LogP contribution in [0.2, 0.25) is 10.0 Å². The van der Waals surface area contributed by atoms with Crippen molar-refractivity contribution in [3.05, 3.63) is 68.7 Å². The molecule has 0 saturated heterocycles. The van der Waals surface area contributed by atoms with E-state index in [9.17, 15) is 18.4 Å². The van der Waals surface area contributed by atoms with E-state index in [2.05, 4.69) is 0 Å². The molecule has 0 saturated carbocycles. The molecule has 2 amide bonds. The molecule has 0 aliphatic carbocycles. The summed E-state index contributed by atoms with van der Waals surface area (Å²) in [5, 5.41) is 0.795. The Hall–Kier alpha value is -2.18. The first-order valence-electron chi connectivity index (χ1n) is 8.67. The fourth-order valence-electron chi connectivity index (χ4n) is 3.59. The molecule has 0 bridgehead atoms. The van der Waals surface area contributed by atoms with Crippen molar-refractivity contribution in [1.82, 2.24) is 4.90 Å². The van der Waals surface area contributed by atoms with Crippen LogP contribution in [0.4, 0.5) is 8.78 Å². The van der Waals surface area contributed by atoms with Gasteiger partial charge in [0.15, 0.2) is 0 Å². The number of alkyl halides is 2. The van der Waals surface area contributed by atoms with Crippen LogP contribution in [0.5, 0.6) is 0 Å². The monoisotopic (exact) mass is 426 g/mol. The minimum absolute atomic E-state index is 0.00924. The summed E-state index contributed by atoms with van der Waals surface area (Å²) in [6.07, 6.45) is 0.204. The van der Waals surface area contributed by atoms with Crippen LogP contribution in [0, 0.1) is 0 Å². The zero-order valence-electron chi connectivity index (χ0n) is 15.0. The number of rotatable bonds is 4. The first-order valence-corrected chi connectivity index (χ1v) is 9.42. The number of benzene rings is 2. The van der Waals surface area contributed by atoms with Gasteiger partial charge < -0.3 is 10.6 Å². The van der Waals surface area contributed by atoms with E-state index >= 15 is 0 Å². The highest BCUT2D eigenvalue weighted by atomic mass is 35.5. The minimum Gasteiger partial charge on any atom is -0.364 e. The van der Waals surface area contributed by atoms with Gasteiger partial charge in [-0.1, -0.05) is 47.5 Å². The van der Waals surface area contributed by atoms with Gasteiger partial charge >= 0.3 is 5.92 Å². The maximum atomic E-state index is 14.2. The number of primary amides is 1. The van der Waals surface area contributed by atoms with Gasteiger partial charge in [-0.15, -0.1) is 0 Å². The summed E-state index contributed by atoms with van der Waals surface area (Å²) in [7, 11) is 0. The van der Waals surface area contributed by atoms with Crippen LogP contribution in [-0.2, 0) is 28.4 Å². The van der Waals surface area contributed by atoms with E-state index in [1.807, 2.05) is 0 Å². The molecule has 2 aromatic rings. The average Bonchev–Trinajstić information content (AvgIpc) is 2.64. The molecular formula is C20H18Cl2F2N2O2. The summed E-state index contributed by atoms with van der Waals surface area (Å²) in [6.45, 7) is 2.00. The van der Waals surface area contributed by atoms with Gasteiger partial charge in [0, 0.05) is 22.2 Å². The Bertz CT molecular complexity index is 930. The molecule has 0 fully saturated rings. The second kappa shape index (κ2) is 7.68. The SMILES string of the molecule is C[C@H]1c2cccc(C(F)(F)C(N)=O)c2CCN1C(=O)Cc1c(Cl)cccc1Cl. The molecule has 0 unspecified atom stereocenters. The highest BCUT2D eigenvalue weighted by molar-refractivity contribution is 6.36. The third-order valence-electron chi connectivity index (χ3n) is 5.09. The van der Waals surface area contributed by atoms with E-state index in [0.717, 1.165) is 0 Å². The van der Waals surface area contributed by atoms with Crippen LogP contribution >= 0.6 is 23.2 Å². The lowest BCUT2D eigenvalue weighted by molar-refractivity contribution is -0.143. The van der Waals surface area contributed by atoms with Crippen molar-refractivity contribution in [2.24, 2.45) is 5.73 Å². The van der Waals surface area contributed by atoms with Gasteiger partial charge in [0.25, 0.3) is 5.91 Å². The molecule has 4 nitrogen and oxygen atoms in total. The molecule has 1 aliphatic rings. The van der Waals surface area contributed by atoms with Gasteiger partial charge in [0.1, 0.15) is 0 Å². The topological polar surface area (TPSA) is 63.4 Å². The Kier molecular flexibility index (Phi) is 5.64. The molecule has 148 valence electrons. The van der Waals surface area contributed by atoms with E-state index in [0.29, 0.717) is 26.7 Å². The first-order chi connectivity index (χ1) is 13.1. The highest BCUT2D eigenvalue weighted by Crippen LogP contribution is 2.38. The van der Waals surface area contributed by atoms with Crippen molar-refractivity contribution in [3.63, 3.8) is 0 Å². The van der Waals surface area contributed by atoms with Crippen LogP contribution < -0.4 is 5.73 Å². The normalized spacial score (nSPS) is 16.6. The molecule has 2 N–H and O–H groups in total. The van der Waals surface area contributed by atoms with Gasteiger partial charge in [0.05, 0.1) is 12.5 Å². The Labute approximate surface area is 171 Å². The number of carbonyl (C=O) groups is 2. The van der Waals surface area contributed by atoms with Crippen LogP contribution in [0.1, 0.15) is 35.2 Å². The Balaban J connectivity index is 1.90. The number of fused-ring (bicyclic) bond motifs is 1. The van der Waals surface area contributed by atoms with Gasteiger partial charge in [0.2, 0.25) is 5.91 Å². The van der Waals surface area contributed by atoms with Crippen molar-refractivity contribution in [1.29, 1.82) is 0 Å². The van der Waals surface area contributed by atoms with Gasteiger partial charge in [-0.3, -0.25) is 9.59 Å². The van der Waals surface area contributed by atoms with Crippen molar-refractivity contribution in [2.75, 3.05) is 6.54 Å². The van der Waals surface area contributed by atoms with E-state index < -0.39 is 23.4 Å². The summed E-state index contributed by atoms with van der Waals surface area (Å²) < 4.78 is 28.5. The van der Waals surface area contributed by atoms with Crippen molar-refractivity contribution in [3.8, 4) is 0 Å². The van der Waals surface area contributed by atoms with Gasteiger partial charge in [-0.2, -0.15) is 8.78 Å². The minimum atomic E-state index is -3.76. The Morgan fingerprint density at radius 1 is 1.18 bits per heavy atom. The molecule has 28 heavy (non-hydrogen) atoms. The molecule has 1 aliphatic heterocycles. The lowest BCUT2D eigenvalue weighted by atomic mass is 9.87. The highest BCUT2D eigenvalue weighted by Gasteiger charge is 2.42. The lowest BCUT2D eigenvalue weighted by Crippen LogP contribution is -2.41. The fourth-order valence-corrected chi connectivity index (χ4v) is 4.12. The smallest absolute Gasteiger partial charge is 0.349 e. The predicted octanol–water partition coefficient (Wildman–Crippen LogP) is 4.26. The molecule has 0 spiro atoms. The zero-order valence-corrected chi connectivity index (χ0v) is 16.5. The number of nitrogens with zero attached hydrogens (tertiary/aromatic N) is 1. The molecule has 1 atom stereocenters. The number of carbonyl (C=O) groups excluding carboxylic acids is 2. The van der Waals surface area contributed by atoms with Gasteiger partial charge in [-0.25, -0.2) is 0 Å². The van der Waals surface area contributed by atoms with Crippen molar-refractivity contribution < 1.29 is 18.4 Å². The molecule has 0 aromatic heterocycles. The van der Waals surface area contributed by atoms with Crippen molar-refractivity contribution in [2.45, 2.75) is 31.7 Å². The summed E-state index contributed by atoms with van der Waals surface area (Å²) in [5.74, 6) is -5.66. The van der Waals surface area contributed by atoms with Gasteiger partial charge in [-0.05, 0) is 42.2 Å². The number of hydrogen-bond donors (Lipinski definition) is 1. The summed E-state index contributed by atoms with van der Waals surface area (Å²) in [5.41, 5.74) is 5.95. The number of halogens is 4. The number of amides is 2. The molecule has 8 heteroatoms. The van der Waals surface area contributed by atoms with Crippen LogP contribution in [0.15, 0.2) is 36.4 Å². The summed E-state index contributed by atoms with van der Waals surface area (Å²) in [6, 6.07) is 8.90. The van der Waals surface area contributed by atoms with E-state index in [1.165, 1.54) is 12.1 Å². The fraction of sp³-hybridized carbons (Fsp3) is 0.300. The second-order valence-electron chi connectivity index (χ2n) is 6.70. The van der Waals surface area contributed by atoms with Crippen LogP contribution in [0.25, 0.3) is 0 Å². The molecule has 3 rings (SSSR count). The number of nitrogens with two attached hydrogens (primary N) is 1. The molecule has 0 radical (unpaired) electrons. The summed E-state index contributed by atoms with van der Waals surface area (Å²) in [4.78, 5) is 25.7. The first kappa shape index (κ1) is 20.6. The molecule has 1 heterocycles. The Morgan fingerprint density at radius 2 is 1.79 bits per heavy atom.